The fourth-order valence-corrected chi connectivity index (χ4v) is 2.44. The minimum absolute atomic E-state index is 0.0405. The van der Waals surface area contributed by atoms with E-state index in [-0.39, 0.29) is 11.9 Å². The van der Waals surface area contributed by atoms with Gasteiger partial charge < -0.3 is 10.6 Å². The highest BCUT2D eigenvalue weighted by Crippen LogP contribution is 2.17. The molecule has 0 aliphatic carbocycles. The lowest BCUT2D eigenvalue weighted by Gasteiger charge is -2.27. The summed E-state index contributed by atoms with van der Waals surface area (Å²) in [6, 6.07) is 9.46. The maximum absolute atomic E-state index is 12.7. The summed E-state index contributed by atoms with van der Waals surface area (Å²) in [5.74, 6) is -0.0405. The van der Waals surface area contributed by atoms with E-state index in [9.17, 15) is 4.79 Å². The van der Waals surface area contributed by atoms with Crippen LogP contribution in [0.5, 0.6) is 0 Å². The molecule has 0 aliphatic heterocycles. The summed E-state index contributed by atoms with van der Waals surface area (Å²) in [5.41, 5.74) is 8.08. The van der Waals surface area contributed by atoms with Gasteiger partial charge in [-0.15, -0.1) is 0 Å². The zero-order valence-electron chi connectivity index (χ0n) is 12.1. The maximum atomic E-state index is 12.7. The number of nitrogens with zero attached hydrogens (tertiary/aromatic N) is 2. The molecule has 2 N–H and O–H groups in total. The normalized spacial score (nSPS) is 10.7. The van der Waals surface area contributed by atoms with Gasteiger partial charge in [0, 0.05) is 35.1 Å². The van der Waals surface area contributed by atoms with Crippen molar-refractivity contribution in [1.29, 1.82) is 0 Å². The fourth-order valence-electron chi connectivity index (χ4n) is 2.07. The molecule has 4 nitrogen and oxygen atoms in total. The van der Waals surface area contributed by atoms with E-state index in [1.807, 2.05) is 38.1 Å². The van der Waals surface area contributed by atoms with Crippen LogP contribution < -0.4 is 5.73 Å². The first-order valence-corrected chi connectivity index (χ1v) is 7.52. The number of nitrogens with two attached hydrogens (primary N) is 1. The number of aromatic nitrogens is 1. The molecule has 0 spiro atoms. The van der Waals surface area contributed by atoms with Crippen LogP contribution in [0.15, 0.2) is 47.2 Å². The number of hydrogen-bond acceptors (Lipinski definition) is 3. The summed E-state index contributed by atoms with van der Waals surface area (Å²) >= 11 is 3.34. The van der Waals surface area contributed by atoms with Gasteiger partial charge in [-0.3, -0.25) is 9.78 Å². The minimum atomic E-state index is -0.0405. The first-order valence-electron chi connectivity index (χ1n) is 6.73. The fraction of sp³-hybridized carbons (Fsp3) is 0.250. The first kappa shape index (κ1) is 15.5. The first-order chi connectivity index (χ1) is 9.97. The van der Waals surface area contributed by atoms with Crippen LogP contribution in [0.2, 0.25) is 0 Å². The molecule has 110 valence electrons. The van der Waals surface area contributed by atoms with Crippen LogP contribution in [0, 0.1) is 0 Å². The second-order valence-corrected chi connectivity index (χ2v) is 6.08. The van der Waals surface area contributed by atoms with Gasteiger partial charge in [0.25, 0.3) is 5.91 Å². The number of anilines is 1. The van der Waals surface area contributed by atoms with E-state index in [1.165, 1.54) is 0 Å². The Balaban J connectivity index is 2.25. The molecule has 1 aromatic carbocycles. The smallest absolute Gasteiger partial charge is 0.255 e. The molecule has 0 aliphatic rings. The Labute approximate surface area is 133 Å². The second-order valence-electron chi connectivity index (χ2n) is 5.16. The molecule has 0 radical (unpaired) electrons. The van der Waals surface area contributed by atoms with Crippen molar-refractivity contribution in [3.63, 3.8) is 0 Å². The SMILES string of the molecule is CC(C)N(Cc1cccc(N)c1)C(=O)c1cncc(Br)c1. The molecule has 0 atom stereocenters. The zero-order chi connectivity index (χ0) is 15.4. The summed E-state index contributed by atoms with van der Waals surface area (Å²) < 4.78 is 0.793. The summed E-state index contributed by atoms with van der Waals surface area (Å²) in [4.78, 5) is 18.5. The number of halogens is 1. The van der Waals surface area contributed by atoms with Crippen molar-refractivity contribution in [3.8, 4) is 0 Å². The standard InChI is InChI=1S/C16H18BrN3O/c1-11(2)20(10-12-4-3-5-15(18)6-12)16(21)13-7-14(17)9-19-8-13/h3-9,11H,10,18H2,1-2H3. The number of hydrogen-bond donors (Lipinski definition) is 1. The quantitative estimate of drug-likeness (QED) is 0.861. The number of pyridine rings is 1. The van der Waals surface area contributed by atoms with Crippen molar-refractivity contribution in [2.24, 2.45) is 0 Å². The minimum Gasteiger partial charge on any atom is -0.399 e. The lowest BCUT2D eigenvalue weighted by molar-refractivity contribution is 0.0690. The van der Waals surface area contributed by atoms with Crippen LogP contribution in [0.3, 0.4) is 0 Å². The third-order valence-corrected chi connectivity index (χ3v) is 3.57. The van der Waals surface area contributed by atoms with Gasteiger partial charge in [-0.05, 0) is 53.5 Å². The predicted octanol–water partition coefficient (Wildman–Crippen LogP) is 3.48. The number of benzene rings is 1. The van der Waals surface area contributed by atoms with E-state index >= 15 is 0 Å². The lowest BCUT2D eigenvalue weighted by atomic mass is 10.1. The van der Waals surface area contributed by atoms with Crippen LogP contribution in [0.1, 0.15) is 29.8 Å². The monoisotopic (exact) mass is 347 g/mol. The van der Waals surface area contributed by atoms with E-state index < -0.39 is 0 Å². The van der Waals surface area contributed by atoms with E-state index in [0.29, 0.717) is 17.8 Å². The Morgan fingerprint density at radius 1 is 1.33 bits per heavy atom. The summed E-state index contributed by atoms with van der Waals surface area (Å²) in [5, 5.41) is 0. The van der Waals surface area contributed by atoms with Gasteiger partial charge >= 0.3 is 0 Å². The van der Waals surface area contributed by atoms with Crippen molar-refractivity contribution >= 4 is 27.5 Å². The molecule has 1 amide bonds. The Morgan fingerprint density at radius 3 is 2.71 bits per heavy atom. The molecule has 0 bridgehead atoms. The average Bonchev–Trinajstić information content (AvgIpc) is 2.44. The van der Waals surface area contributed by atoms with Crippen molar-refractivity contribution in [2.75, 3.05) is 5.73 Å². The third-order valence-electron chi connectivity index (χ3n) is 3.14. The van der Waals surface area contributed by atoms with Gasteiger partial charge in [-0.1, -0.05) is 12.1 Å². The molecule has 1 heterocycles. The zero-order valence-corrected chi connectivity index (χ0v) is 13.7. The molecule has 0 saturated carbocycles. The van der Waals surface area contributed by atoms with Gasteiger partial charge in [-0.2, -0.15) is 0 Å². The average molecular weight is 348 g/mol. The van der Waals surface area contributed by atoms with Gasteiger partial charge in [0.15, 0.2) is 0 Å². The van der Waals surface area contributed by atoms with E-state index in [2.05, 4.69) is 20.9 Å². The third kappa shape index (κ3) is 4.04. The van der Waals surface area contributed by atoms with Gasteiger partial charge in [0.1, 0.15) is 0 Å². The Bertz CT molecular complexity index is 643. The summed E-state index contributed by atoms with van der Waals surface area (Å²) in [6.45, 7) is 4.51. The molecule has 0 unspecified atom stereocenters. The predicted molar refractivity (Wildman–Crippen MR) is 87.8 cm³/mol. The molecule has 5 heteroatoms. The molecule has 2 rings (SSSR count). The molecular formula is C16H18BrN3O. The van der Waals surface area contributed by atoms with Crippen LogP contribution in [-0.2, 0) is 6.54 Å². The van der Waals surface area contributed by atoms with E-state index in [4.69, 9.17) is 5.73 Å². The molecule has 1 aromatic heterocycles. The molecule has 21 heavy (non-hydrogen) atoms. The lowest BCUT2D eigenvalue weighted by Crippen LogP contribution is -2.36. The second kappa shape index (κ2) is 6.72. The molecule has 2 aromatic rings. The summed E-state index contributed by atoms with van der Waals surface area (Å²) in [7, 11) is 0. The van der Waals surface area contributed by atoms with Crippen LogP contribution in [-0.4, -0.2) is 21.8 Å². The van der Waals surface area contributed by atoms with Crippen molar-refractivity contribution in [2.45, 2.75) is 26.4 Å². The number of amides is 1. The maximum Gasteiger partial charge on any atom is 0.255 e. The number of rotatable bonds is 4. The van der Waals surface area contributed by atoms with Crippen LogP contribution in [0.25, 0.3) is 0 Å². The largest absolute Gasteiger partial charge is 0.399 e. The van der Waals surface area contributed by atoms with Crippen LogP contribution in [0.4, 0.5) is 5.69 Å². The Hall–Kier alpha value is -1.88. The van der Waals surface area contributed by atoms with Crippen LogP contribution >= 0.6 is 15.9 Å². The molecule has 0 fully saturated rings. The Morgan fingerprint density at radius 2 is 2.10 bits per heavy atom. The highest BCUT2D eigenvalue weighted by Gasteiger charge is 2.19. The topological polar surface area (TPSA) is 59.2 Å². The number of carbonyl (C=O) groups excluding carboxylic acids is 1. The molecular weight excluding hydrogens is 330 g/mol. The number of nitrogen functional groups attached to an aromatic ring is 1. The molecule has 0 saturated heterocycles. The number of carbonyl (C=O) groups is 1. The highest BCUT2D eigenvalue weighted by atomic mass is 79.9. The highest BCUT2D eigenvalue weighted by molar-refractivity contribution is 9.10. The van der Waals surface area contributed by atoms with Crippen molar-refractivity contribution in [1.82, 2.24) is 9.88 Å². The van der Waals surface area contributed by atoms with Crippen molar-refractivity contribution < 1.29 is 4.79 Å². The summed E-state index contributed by atoms with van der Waals surface area (Å²) in [6.07, 6.45) is 3.25. The van der Waals surface area contributed by atoms with E-state index in [1.54, 1.807) is 23.4 Å². The Kier molecular flexibility index (Phi) is 4.96. The van der Waals surface area contributed by atoms with E-state index in [0.717, 1.165) is 10.0 Å². The van der Waals surface area contributed by atoms with Gasteiger partial charge in [-0.25, -0.2) is 0 Å². The van der Waals surface area contributed by atoms with Gasteiger partial charge in [0.05, 0.1) is 5.56 Å². The van der Waals surface area contributed by atoms with Gasteiger partial charge in [0.2, 0.25) is 0 Å². The van der Waals surface area contributed by atoms with Crippen molar-refractivity contribution in [3.05, 3.63) is 58.3 Å².